The fourth-order valence-corrected chi connectivity index (χ4v) is 1.87. The number of hydrogen-bond donors (Lipinski definition) is 1. The third-order valence-electron chi connectivity index (χ3n) is 2.67. The normalized spacial score (nSPS) is 10.3. The van der Waals surface area contributed by atoms with Crippen LogP contribution in [-0.4, -0.2) is 15.7 Å². The molecule has 98 valence electrons. The van der Waals surface area contributed by atoms with Crippen molar-refractivity contribution in [3.05, 3.63) is 57.5 Å². The largest absolute Gasteiger partial charge is 0.321 e. The predicted molar refractivity (Wildman–Crippen MR) is 73.3 cm³/mol. The maximum Gasteiger partial charge on any atom is 0.276 e. The van der Waals surface area contributed by atoms with Gasteiger partial charge in [-0.2, -0.15) is 5.10 Å². The number of hydrogen-bond acceptors (Lipinski definition) is 3. The standard InChI is InChI=1S/C14H15N3O2/c1-9-6-10(2)8-11(7-9)15-14(19)12-4-5-13(18)17(3)16-12/h4-8H,1-3H3,(H,15,19). The van der Waals surface area contributed by atoms with Crippen LogP contribution in [0.4, 0.5) is 5.69 Å². The number of anilines is 1. The van der Waals surface area contributed by atoms with E-state index in [1.807, 2.05) is 32.0 Å². The molecule has 19 heavy (non-hydrogen) atoms. The molecule has 1 amide bonds. The number of carbonyl (C=O) groups excluding carboxylic acids is 1. The van der Waals surface area contributed by atoms with Gasteiger partial charge in [0, 0.05) is 18.8 Å². The average molecular weight is 257 g/mol. The monoisotopic (exact) mass is 257 g/mol. The van der Waals surface area contributed by atoms with Crippen molar-refractivity contribution in [1.29, 1.82) is 0 Å². The SMILES string of the molecule is Cc1cc(C)cc(NC(=O)c2ccc(=O)n(C)n2)c1. The van der Waals surface area contributed by atoms with Gasteiger partial charge in [0.2, 0.25) is 0 Å². The molecule has 2 aromatic rings. The van der Waals surface area contributed by atoms with Gasteiger partial charge in [-0.3, -0.25) is 9.59 Å². The van der Waals surface area contributed by atoms with Gasteiger partial charge in [0.05, 0.1) is 0 Å². The molecule has 1 N–H and O–H groups in total. The molecule has 0 aliphatic heterocycles. The molecule has 0 bridgehead atoms. The van der Waals surface area contributed by atoms with Crippen LogP contribution in [0.5, 0.6) is 0 Å². The Morgan fingerprint density at radius 1 is 1.16 bits per heavy atom. The highest BCUT2D eigenvalue weighted by molar-refractivity contribution is 6.02. The molecule has 1 aromatic heterocycles. The lowest BCUT2D eigenvalue weighted by Gasteiger charge is -2.07. The van der Waals surface area contributed by atoms with Crippen LogP contribution in [0, 0.1) is 13.8 Å². The van der Waals surface area contributed by atoms with Gasteiger partial charge in [-0.25, -0.2) is 4.68 Å². The lowest BCUT2D eigenvalue weighted by Crippen LogP contribution is -2.23. The van der Waals surface area contributed by atoms with Crippen LogP contribution in [0.2, 0.25) is 0 Å². The van der Waals surface area contributed by atoms with Gasteiger partial charge in [-0.05, 0) is 43.2 Å². The Morgan fingerprint density at radius 2 is 1.79 bits per heavy atom. The van der Waals surface area contributed by atoms with E-state index in [-0.39, 0.29) is 17.2 Å². The van der Waals surface area contributed by atoms with Gasteiger partial charge in [0.25, 0.3) is 11.5 Å². The van der Waals surface area contributed by atoms with Crippen LogP contribution in [0.15, 0.2) is 35.1 Å². The Labute approximate surface area is 110 Å². The van der Waals surface area contributed by atoms with Gasteiger partial charge in [-0.1, -0.05) is 6.07 Å². The minimum Gasteiger partial charge on any atom is -0.321 e. The van der Waals surface area contributed by atoms with E-state index in [4.69, 9.17) is 0 Å². The van der Waals surface area contributed by atoms with E-state index >= 15 is 0 Å². The van der Waals surface area contributed by atoms with Crippen LogP contribution in [0.25, 0.3) is 0 Å². The average Bonchev–Trinajstić information content (AvgIpc) is 2.31. The summed E-state index contributed by atoms with van der Waals surface area (Å²) in [6, 6.07) is 8.53. The van der Waals surface area contributed by atoms with Crippen molar-refractivity contribution >= 4 is 11.6 Å². The summed E-state index contributed by atoms with van der Waals surface area (Å²) in [7, 11) is 1.51. The maximum absolute atomic E-state index is 12.0. The number of nitrogens with zero attached hydrogens (tertiary/aromatic N) is 2. The number of nitrogens with one attached hydrogen (secondary N) is 1. The number of amides is 1. The van der Waals surface area contributed by atoms with E-state index in [9.17, 15) is 9.59 Å². The Kier molecular flexibility index (Phi) is 3.46. The van der Waals surface area contributed by atoms with Crippen molar-refractivity contribution in [1.82, 2.24) is 9.78 Å². The van der Waals surface area contributed by atoms with E-state index in [2.05, 4.69) is 10.4 Å². The summed E-state index contributed by atoms with van der Waals surface area (Å²) in [6.07, 6.45) is 0. The first-order chi connectivity index (χ1) is 8.95. The van der Waals surface area contributed by atoms with Crippen LogP contribution >= 0.6 is 0 Å². The molecule has 0 atom stereocenters. The van der Waals surface area contributed by atoms with Gasteiger partial charge in [-0.15, -0.1) is 0 Å². The number of rotatable bonds is 2. The van der Waals surface area contributed by atoms with Crippen LogP contribution < -0.4 is 10.9 Å². The molecule has 0 aliphatic rings. The van der Waals surface area contributed by atoms with E-state index in [1.165, 1.54) is 19.2 Å². The second-order valence-electron chi connectivity index (χ2n) is 4.51. The first-order valence-electron chi connectivity index (χ1n) is 5.90. The molecule has 0 saturated heterocycles. The minimum absolute atomic E-state index is 0.209. The summed E-state index contributed by atoms with van der Waals surface area (Å²) in [5.41, 5.74) is 2.83. The summed E-state index contributed by atoms with van der Waals surface area (Å²) in [5.74, 6) is -0.333. The fraction of sp³-hybridized carbons (Fsp3) is 0.214. The van der Waals surface area contributed by atoms with E-state index < -0.39 is 0 Å². The van der Waals surface area contributed by atoms with Crippen molar-refractivity contribution in [3.63, 3.8) is 0 Å². The van der Waals surface area contributed by atoms with Crippen molar-refractivity contribution in [3.8, 4) is 0 Å². The minimum atomic E-state index is -0.333. The number of aromatic nitrogens is 2. The summed E-state index contributed by atoms with van der Waals surface area (Å²) in [6.45, 7) is 3.93. The van der Waals surface area contributed by atoms with Gasteiger partial charge in [0.1, 0.15) is 5.69 Å². The first kappa shape index (κ1) is 13.0. The lowest BCUT2D eigenvalue weighted by atomic mass is 10.1. The molecule has 0 saturated carbocycles. The zero-order chi connectivity index (χ0) is 14.0. The van der Waals surface area contributed by atoms with E-state index in [0.29, 0.717) is 0 Å². The van der Waals surface area contributed by atoms with Crippen LogP contribution in [0.1, 0.15) is 21.6 Å². The van der Waals surface area contributed by atoms with Crippen molar-refractivity contribution in [2.45, 2.75) is 13.8 Å². The number of carbonyl (C=O) groups is 1. The van der Waals surface area contributed by atoms with Crippen molar-refractivity contribution in [2.24, 2.45) is 7.05 Å². The molecule has 0 aliphatic carbocycles. The highest BCUT2D eigenvalue weighted by Gasteiger charge is 2.09. The quantitative estimate of drug-likeness (QED) is 0.889. The third kappa shape index (κ3) is 3.07. The first-order valence-corrected chi connectivity index (χ1v) is 5.90. The number of benzene rings is 1. The van der Waals surface area contributed by atoms with Crippen molar-refractivity contribution in [2.75, 3.05) is 5.32 Å². The predicted octanol–water partition coefficient (Wildman–Crippen LogP) is 1.65. The molecule has 0 unspecified atom stereocenters. The fourth-order valence-electron chi connectivity index (χ4n) is 1.87. The molecular weight excluding hydrogens is 242 g/mol. The molecule has 0 fully saturated rings. The third-order valence-corrected chi connectivity index (χ3v) is 2.67. The second kappa shape index (κ2) is 5.06. The Hall–Kier alpha value is -2.43. The molecule has 0 spiro atoms. The van der Waals surface area contributed by atoms with Crippen molar-refractivity contribution < 1.29 is 4.79 Å². The highest BCUT2D eigenvalue weighted by Crippen LogP contribution is 2.14. The molecule has 1 heterocycles. The topological polar surface area (TPSA) is 64.0 Å². The van der Waals surface area contributed by atoms with Crippen LogP contribution in [0.3, 0.4) is 0 Å². The molecule has 2 rings (SSSR count). The Morgan fingerprint density at radius 3 is 2.37 bits per heavy atom. The van der Waals surface area contributed by atoms with Gasteiger partial charge < -0.3 is 5.32 Å². The van der Waals surface area contributed by atoms with Crippen LogP contribution in [-0.2, 0) is 7.05 Å². The molecule has 5 heteroatoms. The summed E-state index contributed by atoms with van der Waals surface area (Å²) < 4.78 is 1.14. The zero-order valence-electron chi connectivity index (χ0n) is 11.1. The molecule has 1 aromatic carbocycles. The summed E-state index contributed by atoms with van der Waals surface area (Å²) in [4.78, 5) is 23.2. The Balaban J connectivity index is 2.25. The highest BCUT2D eigenvalue weighted by atomic mass is 16.2. The maximum atomic E-state index is 12.0. The molecule has 5 nitrogen and oxygen atoms in total. The molecular formula is C14H15N3O2. The zero-order valence-corrected chi connectivity index (χ0v) is 11.1. The smallest absolute Gasteiger partial charge is 0.276 e. The second-order valence-corrected chi connectivity index (χ2v) is 4.51. The lowest BCUT2D eigenvalue weighted by molar-refractivity contribution is 0.102. The van der Waals surface area contributed by atoms with E-state index in [1.54, 1.807) is 0 Å². The molecule has 0 radical (unpaired) electrons. The number of aryl methyl sites for hydroxylation is 3. The Bertz CT molecular complexity index is 669. The van der Waals surface area contributed by atoms with Gasteiger partial charge >= 0.3 is 0 Å². The van der Waals surface area contributed by atoms with E-state index in [0.717, 1.165) is 21.5 Å². The summed E-state index contributed by atoms with van der Waals surface area (Å²) >= 11 is 0. The summed E-state index contributed by atoms with van der Waals surface area (Å²) in [5, 5.41) is 6.68. The van der Waals surface area contributed by atoms with Gasteiger partial charge in [0.15, 0.2) is 0 Å².